The number of rotatable bonds is 4. The van der Waals surface area contributed by atoms with E-state index < -0.39 is 17.8 Å². The molecule has 0 aromatic carbocycles. The van der Waals surface area contributed by atoms with Crippen LogP contribution in [-0.2, 0) is 4.79 Å². The first-order valence-electron chi connectivity index (χ1n) is 5.22. The summed E-state index contributed by atoms with van der Waals surface area (Å²) in [5.74, 6) is -2.28. The first-order chi connectivity index (χ1) is 8.08. The number of hydrogen-bond donors (Lipinski definition) is 1. The fourth-order valence-corrected chi connectivity index (χ4v) is 1.60. The van der Waals surface area contributed by atoms with Gasteiger partial charge in [0, 0.05) is 23.9 Å². The van der Waals surface area contributed by atoms with Gasteiger partial charge in [0.2, 0.25) is 5.95 Å². The molecule has 1 fully saturated rings. The molecular formula is C11H11FN2O3. The molecule has 1 amide bonds. The monoisotopic (exact) mass is 238 g/mol. The van der Waals surface area contributed by atoms with Crippen LogP contribution in [0.5, 0.6) is 0 Å². The third kappa shape index (κ3) is 2.77. The van der Waals surface area contributed by atoms with Gasteiger partial charge < -0.3 is 10.0 Å². The van der Waals surface area contributed by atoms with Crippen molar-refractivity contribution >= 4 is 11.9 Å². The van der Waals surface area contributed by atoms with Crippen molar-refractivity contribution in [3.63, 3.8) is 0 Å². The molecule has 6 heteroatoms. The Morgan fingerprint density at radius 2 is 2.24 bits per heavy atom. The number of aliphatic carboxylic acids is 1. The summed E-state index contributed by atoms with van der Waals surface area (Å²) in [7, 11) is 0. The molecule has 1 aliphatic rings. The number of hydrogen-bond acceptors (Lipinski definition) is 3. The second-order valence-corrected chi connectivity index (χ2v) is 3.93. The number of carbonyl (C=O) groups is 2. The summed E-state index contributed by atoms with van der Waals surface area (Å²) in [5.41, 5.74) is 0.130. The quantitative estimate of drug-likeness (QED) is 0.791. The number of pyridine rings is 1. The molecule has 0 bridgehead atoms. The fraction of sp³-hybridized carbons (Fsp3) is 0.364. The first-order valence-corrected chi connectivity index (χ1v) is 5.22. The molecule has 0 atom stereocenters. The van der Waals surface area contributed by atoms with Crippen LogP contribution in [0.15, 0.2) is 18.3 Å². The van der Waals surface area contributed by atoms with Crippen LogP contribution < -0.4 is 0 Å². The van der Waals surface area contributed by atoms with Gasteiger partial charge in [0.15, 0.2) is 0 Å². The van der Waals surface area contributed by atoms with Crippen LogP contribution in [0.4, 0.5) is 4.39 Å². The second kappa shape index (κ2) is 4.48. The molecule has 1 heterocycles. The number of carboxylic acid groups (broad SMARTS) is 1. The first kappa shape index (κ1) is 11.5. The van der Waals surface area contributed by atoms with Gasteiger partial charge in [0.25, 0.3) is 5.91 Å². The minimum absolute atomic E-state index is 0.0326. The largest absolute Gasteiger partial charge is 0.480 e. The Morgan fingerprint density at radius 3 is 2.76 bits per heavy atom. The molecule has 5 nitrogen and oxygen atoms in total. The van der Waals surface area contributed by atoms with Crippen molar-refractivity contribution in [2.24, 2.45) is 0 Å². The zero-order valence-electron chi connectivity index (χ0n) is 8.97. The Hall–Kier alpha value is -1.98. The van der Waals surface area contributed by atoms with Gasteiger partial charge in [0.1, 0.15) is 6.54 Å². The molecule has 1 saturated carbocycles. The van der Waals surface area contributed by atoms with Gasteiger partial charge in [-0.1, -0.05) is 0 Å². The van der Waals surface area contributed by atoms with Crippen LogP contribution in [-0.4, -0.2) is 39.5 Å². The normalized spacial score (nSPS) is 14.4. The van der Waals surface area contributed by atoms with Crippen LogP contribution in [0, 0.1) is 5.95 Å². The second-order valence-electron chi connectivity index (χ2n) is 3.93. The lowest BCUT2D eigenvalue weighted by Gasteiger charge is -2.20. The minimum Gasteiger partial charge on any atom is -0.480 e. The number of aromatic nitrogens is 1. The van der Waals surface area contributed by atoms with Gasteiger partial charge in [-0.15, -0.1) is 0 Å². The summed E-state index contributed by atoms with van der Waals surface area (Å²) in [6.45, 7) is -0.354. The molecule has 1 aliphatic carbocycles. The van der Waals surface area contributed by atoms with Crippen LogP contribution in [0.1, 0.15) is 23.2 Å². The Labute approximate surface area is 96.9 Å². The summed E-state index contributed by atoms with van der Waals surface area (Å²) >= 11 is 0. The topological polar surface area (TPSA) is 70.5 Å². The van der Waals surface area contributed by atoms with Crippen molar-refractivity contribution in [2.75, 3.05) is 6.54 Å². The standard InChI is InChI=1S/C11H11FN2O3/c12-9-5-7(3-4-13-9)11(17)14(6-10(15)16)8-1-2-8/h3-5,8H,1-2,6H2,(H,15,16). The van der Waals surface area contributed by atoms with E-state index in [2.05, 4.69) is 4.98 Å². The third-order valence-corrected chi connectivity index (χ3v) is 2.53. The van der Waals surface area contributed by atoms with E-state index in [4.69, 9.17) is 5.11 Å². The molecule has 1 N–H and O–H groups in total. The number of carbonyl (C=O) groups excluding carboxylic acids is 1. The van der Waals surface area contributed by atoms with E-state index in [1.54, 1.807) is 0 Å². The van der Waals surface area contributed by atoms with E-state index in [0.29, 0.717) is 0 Å². The van der Waals surface area contributed by atoms with Crippen molar-refractivity contribution in [3.05, 3.63) is 29.8 Å². The van der Waals surface area contributed by atoms with Crippen molar-refractivity contribution in [3.8, 4) is 0 Å². The predicted molar refractivity (Wildman–Crippen MR) is 55.9 cm³/mol. The number of halogens is 1. The van der Waals surface area contributed by atoms with E-state index >= 15 is 0 Å². The summed E-state index contributed by atoms with van der Waals surface area (Å²) < 4.78 is 12.9. The molecule has 0 radical (unpaired) electrons. The zero-order valence-corrected chi connectivity index (χ0v) is 8.97. The molecule has 1 aromatic rings. The summed E-state index contributed by atoms with van der Waals surface area (Å²) in [6, 6.07) is 2.36. The fourth-order valence-electron chi connectivity index (χ4n) is 1.60. The van der Waals surface area contributed by atoms with Crippen molar-refractivity contribution in [1.82, 2.24) is 9.88 Å². The van der Waals surface area contributed by atoms with Gasteiger partial charge in [-0.25, -0.2) is 4.98 Å². The molecule has 2 rings (SSSR count). The van der Waals surface area contributed by atoms with Crippen molar-refractivity contribution < 1.29 is 19.1 Å². The average molecular weight is 238 g/mol. The van der Waals surface area contributed by atoms with Crippen molar-refractivity contribution in [1.29, 1.82) is 0 Å². The lowest BCUT2D eigenvalue weighted by Crippen LogP contribution is -2.37. The zero-order chi connectivity index (χ0) is 12.4. The molecule has 0 unspecified atom stereocenters. The highest BCUT2D eigenvalue weighted by molar-refractivity contribution is 5.96. The Balaban J connectivity index is 2.18. The van der Waals surface area contributed by atoms with E-state index in [9.17, 15) is 14.0 Å². The molecule has 17 heavy (non-hydrogen) atoms. The Kier molecular flexibility index (Phi) is 3.03. The Bertz CT molecular complexity index is 460. The SMILES string of the molecule is O=C(O)CN(C(=O)c1ccnc(F)c1)C1CC1. The Morgan fingerprint density at radius 1 is 1.53 bits per heavy atom. The lowest BCUT2D eigenvalue weighted by molar-refractivity contribution is -0.137. The lowest BCUT2D eigenvalue weighted by atomic mass is 10.2. The van der Waals surface area contributed by atoms with Gasteiger partial charge >= 0.3 is 5.97 Å². The smallest absolute Gasteiger partial charge is 0.323 e. The van der Waals surface area contributed by atoms with Crippen LogP contribution in [0.2, 0.25) is 0 Å². The molecule has 0 spiro atoms. The highest BCUT2D eigenvalue weighted by atomic mass is 19.1. The van der Waals surface area contributed by atoms with Crippen LogP contribution in [0.25, 0.3) is 0 Å². The molecule has 0 saturated heterocycles. The number of nitrogens with zero attached hydrogens (tertiary/aromatic N) is 2. The average Bonchev–Trinajstić information content (AvgIpc) is 3.08. The maximum Gasteiger partial charge on any atom is 0.323 e. The molecule has 0 aliphatic heterocycles. The van der Waals surface area contributed by atoms with Crippen molar-refractivity contribution in [2.45, 2.75) is 18.9 Å². The maximum absolute atomic E-state index is 12.9. The van der Waals surface area contributed by atoms with E-state index in [-0.39, 0.29) is 18.2 Å². The summed E-state index contributed by atoms with van der Waals surface area (Å²) in [4.78, 5) is 27.3. The van der Waals surface area contributed by atoms with E-state index in [1.807, 2.05) is 0 Å². The summed E-state index contributed by atoms with van der Waals surface area (Å²) in [6.07, 6.45) is 2.79. The van der Waals surface area contributed by atoms with Gasteiger partial charge in [-0.3, -0.25) is 9.59 Å². The van der Waals surface area contributed by atoms with E-state index in [0.717, 1.165) is 18.9 Å². The number of carboxylic acids is 1. The summed E-state index contributed by atoms with van der Waals surface area (Å²) in [5, 5.41) is 8.73. The molecule has 1 aromatic heterocycles. The number of amides is 1. The van der Waals surface area contributed by atoms with Gasteiger partial charge in [-0.05, 0) is 18.9 Å². The maximum atomic E-state index is 12.9. The highest BCUT2D eigenvalue weighted by Crippen LogP contribution is 2.28. The van der Waals surface area contributed by atoms with Gasteiger partial charge in [-0.2, -0.15) is 4.39 Å². The van der Waals surface area contributed by atoms with Gasteiger partial charge in [0.05, 0.1) is 0 Å². The molecular weight excluding hydrogens is 227 g/mol. The van der Waals surface area contributed by atoms with Crippen LogP contribution >= 0.6 is 0 Å². The highest BCUT2D eigenvalue weighted by Gasteiger charge is 2.34. The molecule has 90 valence electrons. The van der Waals surface area contributed by atoms with Crippen LogP contribution in [0.3, 0.4) is 0 Å². The minimum atomic E-state index is -1.07. The predicted octanol–water partition coefficient (Wildman–Crippen LogP) is 0.910. The van der Waals surface area contributed by atoms with E-state index in [1.165, 1.54) is 17.2 Å². The third-order valence-electron chi connectivity index (χ3n) is 2.53.